The largest absolute Gasteiger partial charge is 0.411 e. The minimum atomic E-state index is 0.660. The summed E-state index contributed by atoms with van der Waals surface area (Å²) in [5.74, 6) is 0. The van der Waals surface area contributed by atoms with Crippen LogP contribution in [0.2, 0.25) is 0 Å². The highest BCUT2D eigenvalue weighted by atomic mass is 32.1. The van der Waals surface area contributed by atoms with Crippen LogP contribution in [0.3, 0.4) is 0 Å². The molecule has 0 aliphatic carbocycles. The van der Waals surface area contributed by atoms with Crippen molar-refractivity contribution in [1.29, 1.82) is 0 Å². The van der Waals surface area contributed by atoms with E-state index in [1.807, 2.05) is 6.92 Å². The van der Waals surface area contributed by atoms with Crippen LogP contribution >= 0.6 is 12.2 Å². The average molecular weight is 307 g/mol. The van der Waals surface area contributed by atoms with E-state index in [0.717, 1.165) is 19.6 Å². The topological polar surface area (TPSA) is 30.9 Å². The third kappa shape index (κ3) is 18.1. The van der Waals surface area contributed by atoms with Crippen LogP contribution in [0.5, 0.6) is 0 Å². The second kappa shape index (κ2) is 18.1. The Morgan fingerprint density at radius 3 is 1.53 bits per heavy atom. The number of nitrogens with zero attached hydrogens (tertiary/aromatic N) is 1. The van der Waals surface area contributed by atoms with Crippen molar-refractivity contribution in [1.82, 2.24) is 4.90 Å². The van der Waals surface area contributed by atoms with Crippen LogP contribution in [0.1, 0.15) is 72.1 Å². The monoisotopic (exact) mass is 306 g/mol. The summed E-state index contributed by atoms with van der Waals surface area (Å²) in [5.41, 5.74) is 3.49. The molecule has 0 saturated carbocycles. The molecule has 4 heteroatoms. The normalized spacial score (nSPS) is 9.68. The van der Waals surface area contributed by atoms with Crippen molar-refractivity contribution < 1.29 is 5.73 Å². The lowest BCUT2D eigenvalue weighted by molar-refractivity contribution is -0.361. The van der Waals surface area contributed by atoms with Crippen molar-refractivity contribution in [2.45, 2.75) is 72.1 Å². The first kappa shape index (κ1) is 21.4. The maximum Gasteiger partial charge on any atom is 0.0711 e. The summed E-state index contributed by atoms with van der Waals surface area (Å²) < 4.78 is 0.660. The Morgan fingerprint density at radius 1 is 0.895 bits per heavy atom. The molecule has 0 unspecified atom stereocenters. The maximum absolute atomic E-state index is 5.11. The summed E-state index contributed by atoms with van der Waals surface area (Å²) in [6.45, 7) is 9.61. The van der Waals surface area contributed by atoms with Crippen LogP contribution in [-0.2, 0) is 12.6 Å². The van der Waals surface area contributed by atoms with Gasteiger partial charge in [0, 0.05) is 13.1 Å². The fourth-order valence-corrected chi connectivity index (χ4v) is 2.12. The Morgan fingerprint density at radius 2 is 1.26 bits per heavy atom. The third-order valence-corrected chi connectivity index (χ3v) is 3.34. The van der Waals surface area contributed by atoms with Gasteiger partial charge < -0.3 is 35.5 Å². The standard InChI is InChI=1S/C13H27NS2.C2H7N/c1-3-5-7-9-11-14(13(15)16)12-10-8-6-4-2;1-2-3/h3-12H2,1-2H3,(H,15,16);2-3H2,1H3. The summed E-state index contributed by atoms with van der Waals surface area (Å²) in [6.07, 6.45) is 10.3. The highest BCUT2D eigenvalue weighted by Gasteiger charge is 2.00. The average Bonchev–Trinajstić information content (AvgIpc) is 2.37. The van der Waals surface area contributed by atoms with Gasteiger partial charge in [0.1, 0.15) is 0 Å². The van der Waals surface area contributed by atoms with Gasteiger partial charge in [-0.05, 0) is 19.8 Å². The van der Waals surface area contributed by atoms with Gasteiger partial charge in [-0.3, -0.25) is 0 Å². The van der Waals surface area contributed by atoms with E-state index in [-0.39, 0.29) is 0 Å². The van der Waals surface area contributed by atoms with Gasteiger partial charge in [0.25, 0.3) is 0 Å². The van der Waals surface area contributed by atoms with Crippen molar-refractivity contribution in [3.63, 3.8) is 0 Å². The van der Waals surface area contributed by atoms with E-state index < -0.39 is 0 Å². The quantitative estimate of drug-likeness (QED) is 0.380. The van der Waals surface area contributed by atoms with Gasteiger partial charge in [0.05, 0.1) is 6.54 Å². The number of thiocarbonyl (C=S) groups is 1. The molecule has 3 N–H and O–H groups in total. The maximum atomic E-state index is 5.11. The minimum Gasteiger partial charge on any atom is -0.411 e. The van der Waals surface area contributed by atoms with Gasteiger partial charge in [-0.2, -0.15) is 0 Å². The lowest BCUT2D eigenvalue weighted by Crippen LogP contribution is -2.48. The third-order valence-electron chi connectivity index (χ3n) is 2.82. The number of hydrogen-bond acceptors (Lipinski definition) is 2. The van der Waals surface area contributed by atoms with E-state index >= 15 is 0 Å². The molecule has 0 aliphatic heterocycles. The van der Waals surface area contributed by atoms with Crippen LogP contribution in [0.25, 0.3) is 0 Å². The highest BCUT2D eigenvalue weighted by Crippen LogP contribution is 2.05. The summed E-state index contributed by atoms with van der Waals surface area (Å²) in [7, 11) is 0. The van der Waals surface area contributed by atoms with Gasteiger partial charge in [-0.15, -0.1) is 0 Å². The van der Waals surface area contributed by atoms with E-state index in [1.54, 1.807) is 0 Å². The molecule has 0 heterocycles. The molecule has 0 aromatic heterocycles. The summed E-state index contributed by atoms with van der Waals surface area (Å²) in [6, 6.07) is 0. The predicted octanol–water partition coefficient (Wildman–Crippen LogP) is 3.53. The van der Waals surface area contributed by atoms with Crippen molar-refractivity contribution in [2.24, 2.45) is 0 Å². The summed E-state index contributed by atoms with van der Waals surface area (Å²) >= 11 is 10.2. The predicted molar refractivity (Wildman–Crippen MR) is 93.2 cm³/mol. The molecule has 0 bridgehead atoms. The second-order valence-electron chi connectivity index (χ2n) is 4.87. The van der Waals surface area contributed by atoms with Crippen molar-refractivity contribution in [3.8, 4) is 0 Å². The first-order valence-corrected chi connectivity index (χ1v) is 8.70. The van der Waals surface area contributed by atoms with Gasteiger partial charge in [-0.1, -0.05) is 56.7 Å². The number of quaternary nitrogens is 1. The number of unbranched alkanes of at least 4 members (excludes halogenated alkanes) is 6. The van der Waals surface area contributed by atoms with Crippen molar-refractivity contribution in [2.75, 3.05) is 19.6 Å². The Kier molecular flexibility index (Phi) is 20.3. The first-order chi connectivity index (χ1) is 9.13. The van der Waals surface area contributed by atoms with Crippen LogP contribution in [0.15, 0.2) is 0 Å². The van der Waals surface area contributed by atoms with Crippen molar-refractivity contribution in [3.05, 3.63) is 0 Å². The van der Waals surface area contributed by atoms with Gasteiger partial charge in [0.2, 0.25) is 0 Å². The molecule has 0 amide bonds. The molecule has 0 rings (SSSR count). The SMILES string of the molecule is CCCCCCN(CCCCCC)C(=S)[S-].CC[NH3+]. The van der Waals surface area contributed by atoms with Gasteiger partial charge in [0.15, 0.2) is 0 Å². The van der Waals surface area contributed by atoms with E-state index in [0.29, 0.717) is 4.32 Å². The lowest BCUT2D eigenvalue weighted by Gasteiger charge is -2.28. The molecule has 19 heavy (non-hydrogen) atoms. The fourth-order valence-electron chi connectivity index (χ4n) is 1.75. The minimum absolute atomic E-state index is 0.660. The van der Waals surface area contributed by atoms with Crippen LogP contribution in [0.4, 0.5) is 0 Å². The zero-order valence-corrected chi connectivity index (χ0v) is 14.9. The molecule has 0 spiro atoms. The van der Waals surface area contributed by atoms with E-state index in [4.69, 9.17) is 24.8 Å². The Balaban J connectivity index is 0. The van der Waals surface area contributed by atoms with Crippen molar-refractivity contribution >= 4 is 29.2 Å². The number of hydrogen-bond donors (Lipinski definition) is 1. The molecule has 0 atom stereocenters. The molecular formula is C15H34N2S2. The molecule has 0 radical (unpaired) electrons. The molecule has 0 fully saturated rings. The fraction of sp³-hybridized carbons (Fsp3) is 0.933. The van der Waals surface area contributed by atoms with Crippen LogP contribution < -0.4 is 5.73 Å². The Hall–Kier alpha value is 0.0700. The summed E-state index contributed by atoms with van der Waals surface area (Å²) in [4.78, 5) is 2.20. The molecule has 0 aliphatic rings. The molecule has 0 aromatic rings. The zero-order valence-electron chi connectivity index (χ0n) is 13.2. The molecule has 0 saturated heterocycles. The summed E-state index contributed by atoms with van der Waals surface area (Å²) in [5, 5.41) is 0. The zero-order chi connectivity index (χ0) is 14.9. The van der Waals surface area contributed by atoms with Crippen LogP contribution in [-0.4, -0.2) is 28.9 Å². The molecule has 0 aromatic carbocycles. The second-order valence-corrected chi connectivity index (χ2v) is 5.91. The van der Waals surface area contributed by atoms with E-state index in [2.05, 4.69) is 24.5 Å². The molecular weight excluding hydrogens is 272 g/mol. The van der Waals surface area contributed by atoms with Gasteiger partial charge >= 0.3 is 0 Å². The Bertz CT molecular complexity index is 175. The number of rotatable bonds is 10. The first-order valence-electron chi connectivity index (χ1n) is 7.89. The Labute approximate surface area is 131 Å². The molecule has 2 nitrogen and oxygen atoms in total. The lowest BCUT2D eigenvalue weighted by atomic mass is 10.2. The van der Waals surface area contributed by atoms with Gasteiger partial charge in [-0.25, -0.2) is 0 Å². The van der Waals surface area contributed by atoms with E-state index in [1.165, 1.54) is 51.4 Å². The van der Waals surface area contributed by atoms with E-state index in [9.17, 15) is 0 Å². The van der Waals surface area contributed by atoms with Crippen LogP contribution in [0, 0.1) is 0 Å². The molecule has 116 valence electrons. The highest BCUT2D eigenvalue weighted by molar-refractivity contribution is 8.00. The smallest absolute Gasteiger partial charge is 0.0711 e.